The van der Waals surface area contributed by atoms with Gasteiger partial charge in [-0.2, -0.15) is 0 Å². The molecule has 0 fully saturated rings. The maximum absolute atomic E-state index is 6.14. The van der Waals surface area contributed by atoms with Crippen LogP contribution in [0, 0.1) is 0 Å². The van der Waals surface area contributed by atoms with Crippen molar-refractivity contribution in [2.45, 2.75) is 26.3 Å². The molecular weight excluding hydrogens is 220 g/mol. The van der Waals surface area contributed by atoms with E-state index in [4.69, 9.17) is 11.6 Å². The second-order valence-electron chi connectivity index (χ2n) is 4.16. The molecule has 0 aliphatic rings. The average molecular weight is 235 g/mol. The fraction of sp³-hybridized carbons (Fsp3) is 0.308. The first-order valence-corrected chi connectivity index (χ1v) is 5.80. The molecule has 0 aliphatic heterocycles. The largest absolute Gasteiger partial charge is 0.330 e. The van der Waals surface area contributed by atoms with Crippen molar-refractivity contribution in [1.29, 1.82) is 0 Å². The van der Waals surface area contributed by atoms with E-state index in [0.29, 0.717) is 5.92 Å². The number of rotatable bonds is 3. The van der Waals surface area contributed by atoms with Crippen molar-refractivity contribution in [3.63, 3.8) is 0 Å². The molecule has 16 heavy (non-hydrogen) atoms. The predicted octanol–water partition coefficient (Wildman–Crippen LogP) is 3.71. The monoisotopic (exact) mass is 234 g/mol. The van der Waals surface area contributed by atoms with Crippen LogP contribution in [-0.4, -0.2) is 9.55 Å². The molecule has 1 heterocycles. The molecule has 0 bridgehead atoms. The normalized spacial score (nSPS) is 11.0. The van der Waals surface area contributed by atoms with Crippen LogP contribution in [0.15, 0.2) is 36.7 Å². The van der Waals surface area contributed by atoms with Crippen LogP contribution in [0.4, 0.5) is 0 Å². The van der Waals surface area contributed by atoms with Crippen LogP contribution in [0.25, 0.3) is 0 Å². The van der Waals surface area contributed by atoms with E-state index in [2.05, 4.69) is 23.4 Å². The predicted molar refractivity (Wildman–Crippen MR) is 66.9 cm³/mol. The number of halogens is 1. The lowest BCUT2D eigenvalue weighted by molar-refractivity contribution is 0.670. The van der Waals surface area contributed by atoms with Crippen molar-refractivity contribution in [2.75, 3.05) is 0 Å². The smallest absolute Gasteiger partial charge is 0.111 e. The fourth-order valence-corrected chi connectivity index (χ4v) is 1.96. The Morgan fingerprint density at radius 2 is 2.06 bits per heavy atom. The lowest BCUT2D eigenvalue weighted by Gasteiger charge is -2.11. The third kappa shape index (κ3) is 2.27. The highest BCUT2D eigenvalue weighted by molar-refractivity contribution is 6.31. The molecule has 0 radical (unpaired) electrons. The molecule has 0 N–H and O–H groups in total. The first kappa shape index (κ1) is 11.2. The lowest BCUT2D eigenvalue weighted by atomic mass is 10.2. The molecule has 84 valence electrons. The second-order valence-corrected chi connectivity index (χ2v) is 4.57. The van der Waals surface area contributed by atoms with Gasteiger partial charge in [0.1, 0.15) is 5.82 Å². The zero-order chi connectivity index (χ0) is 11.5. The molecule has 2 rings (SSSR count). The SMILES string of the molecule is CC(C)c1nccn1Cc1ccccc1Cl. The quantitative estimate of drug-likeness (QED) is 0.792. The van der Waals surface area contributed by atoms with Crippen molar-refractivity contribution in [2.24, 2.45) is 0 Å². The second kappa shape index (κ2) is 4.71. The summed E-state index contributed by atoms with van der Waals surface area (Å²) in [6.45, 7) is 5.07. The number of nitrogens with zero attached hydrogens (tertiary/aromatic N) is 2. The van der Waals surface area contributed by atoms with E-state index in [1.54, 1.807) is 0 Å². The summed E-state index contributed by atoms with van der Waals surface area (Å²) in [6, 6.07) is 7.92. The Bertz CT molecular complexity index is 474. The molecule has 2 nitrogen and oxygen atoms in total. The van der Waals surface area contributed by atoms with Gasteiger partial charge >= 0.3 is 0 Å². The van der Waals surface area contributed by atoms with E-state index < -0.39 is 0 Å². The Hall–Kier alpha value is -1.28. The summed E-state index contributed by atoms with van der Waals surface area (Å²) in [4.78, 5) is 4.36. The van der Waals surface area contributed by atoms with Crippen LogP contribution >= 0.6 is 11.6 Å². The summed E-state index contributed by atoms with van der Waals surface area (Å²) < 4.78 is 2.14. The third-order valence-corrected chi connectivity index (χ3v) is 2.93. The molecular formula is C13H15ClN2. The molecule has 0 saturated heterocycles. The first-order chi connectivity index (χ1) is 7.68. The van der Waals surface area contributed by atoms with E-state index in [1.807, 2.05) is 36.7 Å². The van der Waals surface area contributed by atoms with Crippen LogP contribution in [0.2, 0.25) is 5.02 Å². The highest BCUT2D eigenvalue weighted by Crippen LogP contribution is 2.19. The number of aromatic nitrogens is 2. The van der Waals surface area contributed by atoms with Crippen LogP contribution in [0.5, 0.6) is 0 Å². The van der Waals surface area contributed by atoms with Gasteiger partial charge < -0.3 is 4.57 Å². The van der Waals surface area contributed by atoms with E-state index in [9.17, 15) is 0 Å². The summed E-state index contributed by atoms with van der Waals surface area (Å²) in [5.74, 6) is 1.53. The molecule has 0 atom stereocenters. The molecule has 1 aromatic heterocycles. The number of imidazole rings is 1. The minimum absolute atomic E-state index is 0.428. The summed E-state index contributed by atoms with van der Waals surface area (Å²) in [6.07, 6.45) is 3.84. The molecule has 1 aromatic carbocycles. The first-order valence-electron chi connectivity index (χ1n) is 5.43. The van der Waals surface area contributed by atoms with Crippen LogP contribution in [0.3, 0.4) is 0 Å². The van der Waals surface area contributed by atoms with E-state index in [1.165, 1.54) is 0 Å². The van der Waals surface area contributed by atoms with Crippen molar-refractivity contribution in [1.82, 2.24) is 9.55 Å². The molecule has 0 unspecified atom stereocenters. The van der Waals surface area contributed by atoms with Gasteiger partial charge in [-0.25, -0.2) is 4.98 Å². The molecule has 2 aromatic rings. The Labute approximate surface area is 101 Å². The summed E-state index contributed by atoms with van der Waals surface area (Å²) in [5, 5.41) is 0.811. The molecule has 0 spiro atoms. The third-order valence-electron chi connectivity index (χ3n) is 2.56. The molecule has 0 amide bonds. The van der Waals surface area contributed by atoms with Crippen LogP contribution in [-0.2, 0) is 6.54 Å². The summed E-state index contributed by atoms with van der Waals surface area (Å²) >= 11 is 6.14. The zero-order valence-electron chi connectivity index (χ0n) is 9.52. The van der Waals surface area contributed by atoms with Gasteiger partial charge in [0.2, 0.25) is 0 Å². The van der Waals surface area contributed by atoms with Crippen molar-refractivity contribution < 1.29 is 0 Å². The zero-order valence-corrected chi connectivity index (χ0v) is 10.3. The molecule has 0 aliphatic carbocycles. The van der Waals surface area contributed by atoms with Crippen molar-refractivity contribution in [3.05, 3.63) is 53.1 Å². The van der Waals surface area contributed by atoms with Gasteiger partial charge in [-0.05, 0) is 11.6 Å². The van der Waals surface area contributed by atoms with Gasteiger partial charge in [0.05, 0.1) is 6.54 Å². The van der Waals surface area contributed by atoms with Gasteiger partial charge in [0, 0.05) is 23.3 Å². The summed E-state index contributed by atoms with van der Waals surface area (Å²) in [7, 11) is 0. The maximum atomic E-state index is 6.14. The topological polar surface area (TPSA) is 17.8 Å². The van der Waals surface area contributed by atoms with Crippen LogP contribution < -0.4 is 0 Å². The van der Waals surface area contributed by atoms with E-state index in [-0.39, 0.29) is 0 Å². The maximum Gasteiger partial charge on any atom is 0.111 e. The Kier molecular flexibility index (Phi) is 3.30. The highest BCUT2D eigenvalue weighted by Gasteiger charge is 2.08. The average Bonchev–Trinajstić information content (AvgIpc) is 2.69. The minimum atomic E-state index is 0.428. The van der Waals surface area contributed by atoms with Gasteiger partial charge in [0.15, 0.2) is 0 Å². The van der Waals surface area contributed by atoms with Crippen molar-refractivity contribution >= 4 is 11.6 Å². The van der Waals surface area contributed by atoms with Gasteiger partial charge in [0.25, 0.3) is 0 Å². The fourth-order valence-electron chi connectivity index (χ4n) is 1.77. The number of benzene rings is 1. The van der Waals surface area contributed by atoms with E-state index >= 15 is 0 Å². The number of hydrogen-bond acceptors (Lipinski definition) is 1. The number of hydrogen-bond donors (Lipinski definition) is 0. The Morgan fingerprint density at radius 3 is 2.75 bits per heavy atom. The van der Waals surface area contributed by atoms with Crippen LogP contribution in [0.1, 0.15) is 31.2 Å². The van der Waals surface area contributed by atoms with Gasteiger partial charge in [-0.3, -0.25) is 0 Å². The lowest BCUT2D eigenvalue weighted by Crippen LogP contribution is -2.06. The Morgan fingerprint density at radius 1 is 1.31 bits per heavy atom. The summed E-state index contributed by atoms with van der Waals surface area (Å²) in [5.41, 5.74) is 1.13. The standard InChI is InChI=1S/C13H15ClN2/c1-10(2)13-15-7-8-16(13)9-11-5-3-4-6-12(11)14/h3-8,10H,9H2,1-2H3. The van der Waals surface area contributed by atoms with E-state index in [0.717, 1.165) is 23.0 Å². The van der Waals surface area contributed by atoms with Gasteiger partial charge in [-0.1, -0.05) is 43.6 Å². The minimum Gasteiger partial charge on any atom is -0.330 e. The van der Waals surface area contributed by atoms with Crippen molar-refractivity contribution in [3.8, 4) is 0 Å². The van der Waals surface area contributed by atoms with Gasteiger partial charge in [-0.15, -0.1) is 0 Å². The Balaban J connectivity index is 2.27. The molecule has 3 heteroatoms. The molecule has 0 saturated carbocycles. The highest BCUT2D eigenvalue weighted by atomic mass is 35.5.